The lowest BCUT2D eigenvalue weighted by atomic mass is 10.2. The number of ether oxygens (including phenoxy) is 1. The molecule has 0 unspecified atom stereocenters. The molecule has 0 saturated carbocycles. The number of halogens is 2. The van der Waals surface area contributed by atoms with Gasteiger partial charge >= 0.3 is 0 Å². The largest absolute Gasteiger partial charge is 0.507 e. The molecule has 0 atom stereocenters. The van der Waals surface area contributed by atoms with Gasteiger partial charge in [-0.1, -0.05) is 22.9 Å². The number of aryl methyl sites for hydroxylation is 1. The maximum atomic E-state index is 10.4. The molecule has 30 heavy (non-hydrogen) atoms. The first-order valence-electron chi connectivity index (χ1n) is 9.16. The minimum atomic E-state index is 0.0496. The van der Waals surface area contributed by atoms with Gasteiger partial charge in [0.25, 0.3) is 0 Å². The van der Waals surface area contributed by atoms with Crippen LogP contribution in [0.15, 0.2) is 50.4 Å². The van der Waals surface area contributed by atoms with Gasteiger partial charge in [-0.05, 0) is 53.5 Å². The highest BCUT2D eigenvalue weighted by molar-refractivity contribution is 9.11. The van der Waals surface area contributed by atoms with Crippen molar-refractivity contribution in [3.63, 3.8) is 0 Å². The van der Waals surface area contributed by atoms with Crippen LogP contribution in [0.4, 0.5) is 5.82 Å². The van der Waals surface area contributed by atoms with Crippen molar-refractivity contribution in [2.45, 2.75) is 20.3 Å². The van der Waals surface area contributed by atoms with Gasteiger partial charge in [0.15, 0.2) is 11.6 Å². The molecule has 3 aromatic rings. The zero-order valence-corrected chi connectivity index (χ0v) is 19.5. The lowest BCUT2D eigenvalue weighted by Crippen LogP contribution is -2.00. The summed E-state index contributed by atoms with van der Waals surface area (Å²) in [6, 6.07) is 10.3. The number of nitrogens with zero attached hydrogens (tertiary/aromatic N) is 3. The third-order valence-electron chi connectivity index (χ3n) is 3.98. The number of phenolic OH excluding ortho intramolecular Hbond substituents is 2. The predicted octanol–water partition coefficient (Wildman–Crippen LogP) is 5.62. The maximum Gasteiger partial charge on any atom is 0.165 e. The quantitative estimate of drug-likeness (QED) is 0.268. The van der Waals surface area contributed by atoms with Crippen molar-refractivity contribution in [2.75, 3.05) is 12.0 Å². The van der Waals surface area contributed by atoms with Gasteiger partial charge in [-0.3, -0.25) is 5.43 Å². The molecule has 156 valence electrons. The molecule has 0 fully saturated rings. The second-order valence-corrected chi connectivity index (χ2v) is 8.21. The number of rotatable bonds is 7. The molecular formula is C21H20Br2N4O3. The van der Waals surface area contributed by atoms with Gasteiger partial charge in [0.05, 0.1) is 22.9 Å². The number of nitrogens with one attached hydrogen (secondary N) is 1. The highest BCUT2D eigenvalue weighted by Gasteiger charge is 2.13. The summed E-state index contributed by atoms with van der Waals surface area (Å²) in [5, 5.41) is 24.6. The first kappa shape index (κ1) is 22.0. The topological polar surface area (TPSA) is 99.9 Å². The van der Waals surface area contributed by atoms with Crippen molar-refractivity contribution in [2.24, 2.45) is 5.10 Å². The highest BCUT2D eigenvalue weighted by Crippen LogP contribution is 2.37. The zero-order valence-electron chi connectivity index (χ0n) is 16.4. The Bertz CT molecular complexity index is 1090. The van der Waals surface area contributed by atoms with Crippen molar-refractivity contribution in [3.8, 4) is 28.6 Å². The third kappa shape index (κ3) is 5.48. The molecule has 1 aromatic heterocycles. The molecule has 3 rings (SSSR count). The fraction of sp³-hybridized carbons (Fsp3) is 0.190. The van der Waals surface area contributed by atoms with Gasteiger partial charge < -0.3 is 14.9 Å². The van der Waals surface area contributed by atoms with Crippen molar-refractivity contribution >= 4 is 43.9 Å². The number of phenols is 2. The summed E-state index contributed by atoms with van der Waals surface area (Å²) in [5.74, 6) is 1.53. The smallest absolute Gasteiger partial charge is 0.165 e. The summed E-state index contributed by atoms with van der Waals surface area (Å²) in [7, 11) is 0. The molecule has 0 radical (unpaired) electrons. The molecule has 1 heterocycles. The van der Waals surface area contributed by atoms with Crippen LogP contribution in [-0.2, 0) is 0 Å². The van der Waals surface area contributed by atoms with Crippen LogP contribution < -0.4 is 10.2 Å². The summed E-state index contributed by atoms with van der Waals surface area (Å²) in [6.45, 7) is 4.43. The number of hydrogen-bond acceptors (Lipinski definition) is 7. The average molecular weight is 536 g/mol. The van der Waals surface area contributed by atoms with Crippen LogP contribution in [0.2, 0.25) is 0 Å². The van der Waals surface area contributed by atoms with E-state index < -0.39 is 0 Å². The summed E-state index contributed by atoms with van der Waals surface area (Å²) in [5.41, 5.74) is 4.55. The molecule has 7 nitrogen and oxygen atoms in total. The van der Waals surface area contributed by atoms with Crippen molar-refractivity contribution in [1.82, 2.24) is 9.97 Å². The van der Waals surface area contributed by atoms with Crippen LogP contribution in [0, 0.1) is 6.92 Å². The molecular weight excluding hydrogens is 516 g/mol. The monoisotopic (exact) mass is 534 g/mol. The Morgan fingerprint density at radius 1 is 1.13 bits per heavy atom. The third-order valence-corrected chi connectivity index (χ3v) is 5.04. The van der Waals surface area contributed by atoms with Gasteiger partial charge in [-0.25, -0.2) is 9.97 Å². The number of aromatic nitrogens is 2. The number of aromatic hydroxyl groups is 2. The molecule has 0 spiro atoms. The lowest BCUT2D eigenvalue weighted by molar-refractivity contribution is 0.315. The Kier molecular flexibility index (Phi) is 7.28. The molecule has 0 aliphatic carbocycles. The van der Waals surface area contributed by atoms with E-state index in [2.05, 4.69) is 52.4 Å². The second-order valence-electron chi connectivity index (χ2n) is 6.44. The van der Waals surface area contributed by atoms with E-state index in [1.54, 1.807) is 36.4 Å². The fourth-order valence-electron chi connectivity index (χ4n) is 2.59. The standard InChI is InChI=1S/C21H20Br2N4O3/c1-3-6-30-15-5-4-13(18(28)10-15)11-24-27-19-7-12(2)25-21(26-19)16-8-14(22)9-17(23)20(16)29/h4-5,7-11,28-29H,3,6H2,1-2H3,(H,25,26,27)/b24-11-. The normalized spacial score (nSPS) is 11.1. The first-order chi connectivity index (χ1) is 14.4. The Labute approximate surface area is 191 Å². The van der Waals surface area contributed by atoms with Gasteiger partial charge in [0.2, 0.25) is 0 Å². The van der Waals surface area contributed by atoms with Crippen LogP contribution in [0.1, 0.15) is 24.6 Å². The minimum absolute atomic E-state index is 0.0496. The summed E-state index contributed by atoms with van der Waals surface area (Å²) >= 11 is 6.72. The van der Waals surface area contributed by atoms with E-state index in [1.807, 2.05) is 13.8 Å². The van der Waals surface area contributed by atoms with E-state index in [1.165, 1.54) is 6.21 Å². The molecule has 2 aromatic carbocycles. The van der Waals surface area contributed by atoms with E-state index in [0.717, 1.165) is 10.9 Å². The SMILES string of the molecule is CCCOc1ccc(/C=N\Nc2cc(C)nc(-c3cc(Br)cc(Br)c3O)n2)c(O)c1. The molecule has 9 heteroatoms. The minimum Gasteiger partial charge on any atom is -0.507 e. The van der Waals surface area contributed by atoms with E-state index in [0.29, 0.717) is 45.3 Å². The van der Waals surface area contributed by atoms with Crippen LogP contribution in [0.5, 0.6) is 17.2 Å². The number of hydrogen-bond donors (Lipinski definition) is 3. The average Bonchev–Trinajstić information content (AvgIpc) is 2.70. The van der Waals surface area contributed by atoms with Crippen LogP contribution >= 0.6 is 31.9 Å². The first-order valence-corrected chi connectivity index (χ1v) is 10.7. The Morgan fingerprint density at radius 3 is 2.67 bits per heavy atom. The van der Waals surface area contributed by atoms with E-state index >= 15 is 0 Å². The van der Waals surface area contributed by atoms with Crippen LogP contribution in [-0.4, -0.2) is 33.0 Å². The lowest BCUT2D eigenvalue weighted by Gasteiger charge is -2.09. The van der Waals surface area contributed by atoms with Crippen LogP contribution in [0.3, 0.4) is 0 Å². The molecule has 0 saturated heterocycles. The highest BCUT2D eigenvalue weighted by atomic mass is 79.9. The molecule has 0 bridgehead atoms. The van der Waals surface area contributed by atoms with Gasteiger partial charge in [0, 0.05) is 27.9 Å². The van der Waals surface area contributed by atoms with Crippen molar-refractivity contribution in [3.05, 3.63) is 56.6 Å². The molecule has 0 aliphatic heterocycles. The van der Waals surface area contributed by atoms with Crippen LogP contribution in [0.25, 0.3) is 11.4 Å². The Balaban J connectivity index is 1.80. The second kappa shape index (κ2) is 9.90. The molecule has 0 aliphatic rings. The predicted molar refractivity (Wildman–Crippen MR) is 124 cm³/mol. The van der Waals surface area contributed by atoms with E-state index in [4.69, 9.17) is 4.74 Å². The summed E-state index contributed by atoms with van der Waals surface area (Å²) in [4.78, 5) is 8.83. The van der Waals surface area contributed by atoms with Gasteiger partial charge in [-0.15, -0.1) is 0 Å². The van der Waals surface area contributed by atoms with Gasteiger partial charge in [-0.2, -0.15) is 5.10 Å². The van der Waals surface area contributed by atoms with Crippen molar-refractivity contribution in [1.29, 1.82) is 0 Å². The zero-order chi connectivity index (χ0) is 21.7. The Morgan fingerprint density at radius 2 is 1.93 bits per heavy atom. The number of anilines is 1. The fourth-order valence-corrected chi connectivity index (χ4v) is 3.82. The van der Waals surface area contributed by atoms with Gasteiger partial charge in [0.1, 0.15) is 17.2 Å². The van der Waals surface area contributed by atoms with E-state index in [9.17, 15) is 10.2 Å². The van der Waals surface area contributed by atoms with E-state index in [-0.39, 0.29) is 11.5 Å². The molecule has 3 N–H and O–H groups in total. The summed E-state index contributed by atoms with van der Waals surface area (Å²) in [6.07, 6.45) is 2.38. The number of benzene rings is 2. The van der Waals surface area contributed by atoms with Crippen molar-refractivity contribution < 1.29 is 14.9 Å². The molecule has 0 amide bonds. The number of hydrazone groups is 1. The summed E-state index contributed by atoms with van der Waals surface area (Å²) < 4.78 is 6.81. The maximum absolute atomic E-state index is 10.4. The Hall–Kier alpha value is -2.65.